The molecule has 8 aromatic carbocycles. The number of aromatic nitrogens is 1. The zero-order valence-electron chi connectivity index (χ0n) is 28.0. The molecule has 0 aliphatic carbocycles. The summed E-state index contributed by atoms with van der Waals surface area (Å²) in [6, 6.07) is 65.5. The minimum absolute atomic E-state index is 0.871. The van der Waals surface area contributed by atoms with E-state index in [0.29, 0.717) is 0 Å². The van der Waals surface area contributed by atoms with Crippen LogP contribution in [0.5, 0.6) is 0 Å². The van der Waals surface area contributed by atoms with Gasteiger partial charge in [-0.2, -0.15) is 0 Å². The molecule has 11 rings (SSSR count). The van der Waals surface area contributed by atoms with Crippen LogP contribution in [0.3, 0.4) is 0 Å². The number of nitrogens with zero attached hydrogens (tertiary/aromatic N) is 2. The van der Waals surface area contributed by atoms with Crippen LogP contribution < -0.4 is 4.90 Å². The highest BCUT2D eigenvalue weighted by Gasteiger charge is 2.24. The van der Waals surface area contributed by atoms with Crippen LogP contribution in [0.25, 0.3) is 80.7 Å². The zero-order chi connectivity index (χ0) is 34.2. The SMILES string of the molecule is c1ccc(-c2ccc(N(c3cc(-n4c5ccccc5c5ccccc54)cc4c3sc3ccccc34)c3cccc4oc5ccccc5c34)cc2)cc1. The van der Waals surface area contributed by atoms with Crippen LogP contribution in [0, 0.1) is 0 Å². The first-order chi connectivity index (χ1) is 25.8. The van der Waals surface area contributed by atoms with Crippen molar-refractivity contribution >= 4 is 92.3 Å². The fourth-order valence-corrected chi connectivity index (χ4v) is 9.26. The van der Waals surface area contributed by atoms with Crippen LogP contribution in [0.4, 0.5) is 17.1 Å². The third kappa shape index (κ3) is 4.38. The van der Waals surface area contributed by atoms with Crippen molar-refractivity contribution in [3.8, 4) is 16.8 Å². The molecule has 0 saturated carbocycles. The molecule has 0 aliphatic rings. The Balaban J connectivity index is 1.26. The van der Waals surface area contributed by atoms with Crippen molar-refractivity contribution in [1.82, 2.24) is 4.57 Å². The van der Waals surface area contributed by atoms with Crippen LogP contribution >= 0.6 is 11.3 Å². The van der Waals surface area contributed by atoms with Gasteiger partial charge in [0.15, 0.2) is 0 Å². The van der Waals surface area contributed by atoms with E-state index in [1.807, 2.05) is 17.4 Å². The smallest absolute Gasteiger partial charge is 0.137 e. The fourth-order valence-electron chi connectivity index (χ4n) is 8.07. The van der Waals surface area contributed by atoms with Crippen molar-refractivity contribution in [2.75, 3.05) is 4.90 Å². The van der Waals surface area contributed by atoms with Crippen molar-refractivity contribution < 1.29 is 4.42 Å². The first kappa shape index (κ1) is 29.1. The average Bonchev–Trinajstić information content (AvgIpc) is 3.89. The summed E-state index contributed by atoms with van der Waals surface area (Å²) in [5.74, 6) is 0. The molecule has 0 fully saturated rings. The second-order valence-electron chi connectivity index (χ2n) is 13.3. The molecule has 0 aliphatic heterocycles. The van der Waals surface area contributed by atoms with Gasteiger partial charge < -0.3 is 13.9 Å². The van der Waals surface area contributed by atoms with Crippen molar-refractivity contribution in [3.63, 3.8) is 0 Å². The standard InChI is InChI=1S/C48H30N2OS/c1-2-13-31(14-3-1)32-25-27-33(28-26-32)49(42-21-12-23-45-47(42)38-18-6-10-22-44(38)51-45)43-30-34(29-39-37-17-7-11-24-46(37)52-48(39)43)50-40-19-8-4-15-35(40)36-16-5-9-20-41(36)50/h1-30H. The van der Waals surface area contributed by atoms with Gasteiger partial charge in [-0.25, -0.2) is 0 Å². The summed E-state index contributed by atoms with van der Waals surface area (Å²) in [7, 11) is 0. The molecule has 3 aromatic heterocycles. The number of rotatable bonds is 5. The molecule has 52 heavy (non-hydrogen) atoms. The van der Waals surface area contributed by atoms with Gasteiger partial charge >= 0.3 is 0 Å². The lowest BCUT2D eigenvalue weighted by molar-refractivity contribution is 0.669. The number of para-hydroxylation sites is 3. The summed E-state index contributed by atoms with van der Waals surface area (Å²) in [4.78, 5) is 2.45. The number of furan rings is 1. The van der Waals surface area contributed by atoms with E-state index >= 15 is 0 Å². The Hall–Kier alpha value is -6.62. The first-order valence-corrected chi connectivity index (χ1v) is 18.4. The molecule has 0 spiro atoms. The van der Waals surface area contributed by atoms with Gasteiger partial charge in [0, 0.05) is 43.0 Å². The maximum atomic E-state index is 6.48. The second kappa shape index (κ2) is 11.5. The van der Waals surface area contributed by atoms with Gasteiger partial charge in [-0.05, 0) is 71.8 Å². The maximum Gasteiger partial charge on any atom is 0.137 e. The van der Waals surface area contributed by atoms with E-state index in [1.54, 1.807) is 0 Å². The summed E-state index contributed by atoms with van der Waals surface area (Å²) >= 11 is 1.86. The average molecular weight is 683 g/mol. The minimum atomic E-state index is 0.871. The quantitative estimate of drug-likeness (QED) is 0.180. The second-order valence-corrected chi connectivity index (χ2v) is 14.4. The van der Waals surface area contributed by atoms with Crippen LogP contribution in [-0.4, -0.2) is 4.57 Å². The number of anilines is 3. The molecule has 4 heteroatoms. The van der Waals surface area contributed by atoms with E-state index in [-0.39, 0.29) is 0 Å². The predicted octanol–water partition coefficient (Wildman–Crippen LogP) is 14.2. The molecule has 0 bridgehead atoms. The van der Waals surface area contributed by atoms with Crippen molar-refractivity contribution in [2.45, 2.75) is 0 Å². The van der Waals surface area contributed by atoms with E-state index in [1.165, 1.54) is 53.1 Å². The Bertz CT molecular complexity index is 3080. The minimum Gasteiger partial charge on any atom is -0.456 e. The summed E-state index contributed by atoms with van der Waals surface area (Å²) in [5, 5.41) is 7.20. The third-order valence-electron chi connectivity index (χ3n) is 10.4. The first-order valence-electron chi connectivity index (χ1n) is 17.6. The van der Waals surface area contributed by atoms with E-state index in [9.17, 15) is 0 Å². The molecule has 3 heterocycles. The molecule has 0 N–H and O–H groups in total. The Kier molecular flexibility index (Phi) is 6.42. The molecule has 11 aromatic rings. The molecule has 0 saturated heterocycles. The van der Waals surface area contributed by atoms with Crippen LogP contribution in [0.1, 0.15) is 0 Å². The van der Waals surface area contributed by atoms with Crippen LogP contribution in [0.15, 0.2) is 186 Å². The highest BCUT2D eigenvalue weighted by molar-refractivity contribution is 7.26. The largest absolute Gasteiger partial charge is 0.456 e. The highest BCUT2D eigenvalue weighted by Crippen LogP contribution is 2.49. The van der Waals surface area contributed by atoms with Crippen LogP contribution in [-0.2, 0) is 0 Å². The topological polar surface area (TPSA) is 21.3 Å². The van der Waals surface area contributed by atoms with Crippen molar-refractivity contribution in [3.05, 3.63) is 182 Å². The molecule has 0 radical (unpaired) electrons. The fraction of sp³-hybridized carbons (Fsp3) is 0. The number of thiophene rings is 1. The summed E-state index contributed by atoms with van der Waals surface area (Å²) in [5.41, 5.74) is 10.9. The van der Waals surface area contributed by atoms with Crippen molar-refractivity contribution in [1.29, 1.82) is 0 Å². The van der Waals surface area contributed by atoms with Gasteiger partial charge in [-0.15, -0.1) is 11.3 Å². The Morgan fingerprint density at radius 1 is 0.442 bits per heavy atom. The van der Waals surface area contributed by atoms with Crippen LogP contribution in [0.2, 0.25) is 0 Å². The number of hydrogen-bond acceptors (Lipinski definition) is 3. The Morgan fingerprint density at radius 3 is 1.83 bits per heavy atom. The van der Waals surface area contributed by atoms with E-state index in [0.717, 1.165) is 44.7 Å². The van der Waals surface area contributed by atoms with Gasteiger partial charge in [0.1, 0.15) is 11.2 Å². The van der Waals surface area contributed by atoms with Gasteiger partial charge in [0.05, 0.1) is 32.5 Å². The van der Waals surface area contributed by atoms with Gasteiger partial charge in [0.25, 0.3) is 0 Å². The monoisotopic (exact) mass is 682 g/mol. The lowest BCUT2D eigenvalue weighted by Gasteiger charge is -2.28. The number of benzene rings is 8. The third-order valence-corrected chi connectivity index (χ3v) is 11.6. The van der Waals surface area contributed by atoms with Crippen molar-refractivity contribution in [2.24, 2.45) is 0 Å². The summed E-state index contributed by atoms with van der Waals surface area (Å²) in [6.45, 7) is 0. The highest BCUT2D eigenvalue weighted by atomic mass is 32.1. The van der Waals surface area contributed by atoms with E-state index in [2.05, 4.69) is 185 Å². The molecule has 244 valence electrons. The van der Waals surface area contributed by atoms with Gasteiger partial charge in [-0.1, -0.05) is 121 Å². The Labute approximate surface area is 303 Å². The Morgan fingerprint density at radius 2 is 1.06 bits per heavy atom. The number of hydrogen-bond donors (Lipinski definition) is 0. The summed E-state index contributed by atoms with van der Waals surface area (Å²) < 4.78 is 11.4. The molecule has 0 unspecified atom stereocenters. The molecule has 0 amide bonds. The zero-order valence-corrected chi connectivity index (χ0v) is 28.8. The van der Waals surface area contributed by atoms with E-state index < -0.39 is 0 Å². The molecule has 0 atom stereocenters. The lowest BCUT2D eigenvalue weighted by Crippen LogP contribution is -2.11. The lowest BCUT2D eigenvalue weighted by atomic mass is 10.0. The number of fused-ring (bicyclic) bond motifs is 9. The normalized spacial score (nSPS) is 11.8. The van der Waals surface area contributed by atoms with Gasteiger partial charge in [0.2, 0.25) is 0 Å². The summed E-state index contributed by atoms with van der Waals surface area (Å²) in [6.07, 6.45) is 0. The maximum absolute atomic E-state index is 6.48. The molecule has 3 nitrogen and oxygen atoms in total. The van der Waals surface area contributed by atoms with E-state index in [4.69, 9.17) is 4.42 Å². The molecular weight excluding hydrogens is 653 g/mol. The predicted molar refractivity (Wildman–Crippen MR) is 221 cm³/mol. The molecular formula is C48H30N2OS. The van der Waals surface area contributed by atoms with Gasteiger partial charge in [-0.3, -0.25) is 0 Å².